The molecule has 2 aliphatic rings. The molecule has 2 N–H and O–H groups in total. The minimum atomic E-state index is -1.49. The molecule has 0 bridgehead atoms. The molecule has 0 unspecified atom stereocenters. The lowest BCUT2D eigenvalue weighted by Gasteiger charge is -2.34. The normalized spacial score (nSPS) is 23.2. The van der Waals surface area contributed by atoms with Crippen LogP contribution < -0.4 is 10.5 Å². The molecule has 3 atom stereocenters. The first-order chi connectivity index (χ1) is 19.2. The number of pyridine rings is 2. The van der Waals surface area contributed by atoms with Crippen molar-refractivity contribution in [3.8, 4) is 17.6 Å². The average molecular weight is 562 g/mol. The molecule has 10 heteroatoms. The number of halogens is 2. The van der Waals surface area contributed by atoms with Crippen LogP contribution in [0.5, 0.6) is 5.75 Å². The summed E-state index contributed by atoms with van der Waals surface area (Å²) in [5.74, 6) is 5.13. The van der Waals surface area contributed by atoms with E-state index >= 15 is 4.39 Å². The Morgan fingerprint density at radius 1 is 1.30 bits per heavy atom. The number of aliphatic imine (C=N–C) groups is 1. The van der Waals surface area contributed by atoms with Crippen molar-refractivity contribution in [3.05, 3.63) is 77.5 Å². The van der Waals surface area contributed by atoms with Crippen molar-refractivity contribution in [1.29, 1.82) is 0 Å². The van der Waals surface area contributed by atoms with E-state index in [1.807, 2.05) is 12.1 Å². The number of hydrogen-bond donors (Lipinski definition) is 1. The number of ether oxygens (including phenoxy) is 1. The zero-order valence-electron chi connectivity index (χ0n) is 22.4. The van der Waals surface area contributed by atoms with Gasteiger partial charge in [0, 0.05) is 54.4 Å². The molecule has 5 rings (SSSR count). The molecule has 1 saturated carbocycles. The number of amidine groups is 1. The van der Waals surface area contributed by atoms with Gasteiger partial charge in [-0.05, 0) is 43.2 Å². The van der Waals surface area contributed by atoms with E-state index in [0.717, 1.165) is 10.9 Å². The van der Waals surface area contributed by atoms with Crippen LogP contribution >= 0.6 is 11.8 Å². The summed E-state index contributed by atoms with van der Waals surface area (Å²) in [5.41, 5.74) is 6.96. The molecule has 1 aliphatic carbocycles. The number of carbonyl (C=O) groups is 1. The molecule has 1 fully saturated rings. The van der Waals surface area contributed by atoms with Crippen LogP contribution in [0, 0.1) is 23.6 Å². The summed E-state index contributed by atoms with van der Waals surface area (Å²) in [7, 11) is 3.31. The summed E-state index contributed by atoms with van der Waals surface area (Å²) in [5, 5.41) is 1.01. The van der Waals surface area contributed by atoms with E-state index in [2.05, 4.69) is 26.8 Å². The summed E-state index contributed by atoms with van der Waals surface area (Å²) in [6, 6.07) is 8.37. The molecular formula is C30H29F2N5O2S. The quantitative estimate of drug-likeness (QED) is 0.324. The number of hydrogen-bond acceptors (Lipinski definition) is 7. The molecule has 0 spiro atoms. The van der Waals surface area contributed by atoms with E-state index in [1.165, 1.54) is 28.8 Å². The lowest BCUT2D eigenvalue weighted by molar-refractivity contribution is -0.123. The van der Waals surface area contributed by atoms with Gasteiger partial charge in [0.05, 0.1) is 17.4 Å². The van der Waals surface area contributed by atoms with Gasteiger partial charge in [0.15, 0.2) is 5.17 Å². The van der Waals surface area contributed by atoms with Gasteiger partial charge >= 0.3 is 0 Å². The topological polar surface area (TPSA) is 93.7 Å². The van der Waals surface area contributed by atoms with Crippen LogP contribution in [0.3, 0.4) is 0 Å². The number of likely N-dealkylation sites (N-methyl/N-ethyl adjacent to an activating group) is 1. The zero-order valence-corrected chi connectivity index (χ0v) is 23.3. The number of benzene rings is 1. The maximum absolute atomic E-state index is 15.4. The van der Waals surface area contributed by atoms with Gasteiger partial charge < -0.3 is 15.4 Å². The highest BCUT2D eigenvalue weighted by atomic mass is 32.2. The number of amides is 1. The van der Waals surface area contributed by atoms with Crippen LogP contribution in [0.4, 0.5) is 8.78 Å². The molecule has 40 heavy (non-hydrogen) atoms. The highest BCUT2D eigenvalue weighted by Gasteiger charge is 2.67. The van der Waals surface area contributed by atoms with Gasteiger partial charge in [-0.1, -0.05) is 29.8 Å². The van der Waals surface area contributed by atoms with Crippen molar-refractivity contribution in [3.63, 3.8) is 0 Å². The van der Waals surface area contributed by atoms with Gasteiger partial charge in [-0.3, -0.25) is 14.8 Å². The lowest BCUT2D eigenvalue weighted by atomic mass is 9.83. The van der Waals surface area contributed by atoms with E-state index in [9.17, 15) is 9.18 Å². The fraction of sp³-hybridized carbons (Fsp3) is 0.333. The molecule has 0 radical (unpaired) electrons. The Kier molecular flexibility index (Phi) is 7.51. The third-order valence-electron chi connectivity index (χ3n) is 7.29. The number of thioether (sulfide) groups is 1. The molecule has 3 heterocycles. The second-order valence-corrected chi connectivity index (χ2v) is 11.5. The number of nitrogens with zero attached hydrogens (tertiary/aromatic N) is 4. The number of rotatable bonds is 8. The summed E-state index contributed by atoms with van der Waals surface area (Å²) >= 11 is 1.30. The first-order valence-corrected chi connectivity index (χ1v) is 13.6. The highest BCUT2D eigenvalue weighted by Crippen LogP contribution is 2.66. The third-order valence-corrected chi connectivity index (χ3v) is 8.56. The van der Waals surface area contributed by atoms with Crippen LogP contribution in [0.2, 0.25) is 0 Å². The predicted octanol–water partition coefficient (Wildman–Crippen LogP) is 4.39. The van der Waals surface area contributed by atoms with Crippen LogP contribution in [0.15, 0.2) is 59.9 Å². The van der Waals surface area contributed by atoms with Crippen molar-refractivity contribution in [1.82, 2.24) is 14.9 Å². The molecule has 2 aromatic heterocycles. The maximum Gasteiger partial charge on any atom is 0.245 e. The molecule has 1 amide bonds. The van der Waals surface area contributed by atoms with E-state index < -0.39 is 22.8 Å². The van der Waals surface area contributed by atoms with Gasteiger partial charge in [0.25, 0.3) is 0 Å². The number of alkyl halides is 1. The fourth-order valence-corrected chi connectivity index (χ4v) is 6.49. The number of aromatic nitrogens is 2. The summed E-state index contributed by atoms with van der Waals surface area (Å²) in [4.78, 5) is 27.2. The SMILES string of the molecule is CC#CCOc1cnc2c(Cc3ccc(F)c([C@@]4(CF)N=C(N)S[C@@]5(/C=C/C(=O)N(C)C)C[C@H]54)c3)nccc2c1. The Hall–Kier alpha value is -3.97. The van der Waals surface area contributed by atoms with Crippen molar-refractivity contribution in [2.75, 3.05) is 27.4 Å². The summed E-state index contributed by atoms with van der Waals surface area (Å²) in [6.07, 6.45) is 7.41. The zero-order chi connectivity index (χ0) is 28.5. The average Bonchev–Trinajstić information content (AvgIpc) is 3.67. The van der Waals surface area contributed by atoms with Crippen molar-refractivity contribution < 1.29 is 18.3 Å². The van der Waals surface area contributed by atoms with E-state index in [1.54, 1.807) is 51.6 Å². The Labute approximate surface area is 235 Å². The highest BCUT2D eigenvalue weighted by molar-refractivity contribution is 8.15. The second kappa shape index (κ2) is 10.9. The first-order valence-electron chi connectivity index (χ1n) is 12.8. The predicted molar refractivity (Wildman–Crippen MR) is 153 cm³/mol. The van der Waals surface area contributed by atoms with Gasteiger partial charge in [-0.2, -0.15) is 0 Å². The van der Waals surface area contributed by atoms with E-state index in [0.29, 0.717) is 29.8 Å². The number of nitrogens with two attached hydrogens (primary N) is 1. The number of fused-ring (bicyclic) bond motifs is 2. The fourth-order valence-electron chi connectivity index (χ4n) is 5.17. The molecule has 1 aromatic carbocycles. The standard InChI is InChI=1S/C30H29F2N5O2S/c1-4-5-12-39-21-15-20-9-11-34-24(27(20)35-17-21)14-19-6-7-23(32)22(13-19)30(18-31)25-16-29(25,40-28(33)36-30)10-8-26(38)37(2)3/h6-11,13,15,17,25H,12,14,16,18H2,1-3H3,(H2,33,36)/b10-8+/t25-,29+,30-/m1/s1. The van der Waals surface area contributed by atoms with Gasteiger partial charge in [0.1, 0.15) is 30.4 Å². The summed E-state index contributed by atoms with van der Waals surface area (Å²) in [6.45, 7) is 1.10. The minimum Gasteiger partial charge on any atom is -0.479 e. The molecular weight excluding hydrogens is 532 g/mol. The Balaban J connectivity index is 1.47. The monoisotopic (exact) mass is 561 g/mol. The Morgan fingerprint density at radius 2 is 2.12 bits per heavy atom. The van der Waals surface area contributed by atoms with Crippen molar-refractivity contribution in [2.24, 2.45) is 16.6 Å². The van der Waals surface area contributed by atoms with Crippen LogP contribution in [0.25, 0.3) is 10.9 Å². The minimum absolute atomic E-state index is 0.149. The summed E-state index contributed by atoms with van der Waals surface area (Å²) < 4.78 is 35.4. The maximum atomic E-state index is 15.4. The second-order valence-electron chi connectivity index (χ2n) is 10.1. The molecule has 206 valence electrons. The van der Waals surface area contributed by atoms with E-state index in [4.69, 9.17) is 10.5 Å². The number of carbonyl (C=O) groups excluding carboxylic acids is 1. The lowest BCUT2D eigenvalue weighted by Crippen LogP contribution is -2.39. The van der Waals surface area contributed by atoms with Crippen LogP contribution in [-0.4, -0.2) is 58.1 Å². The molecule has 1 aliphatic heterocycles. The smallest absolute Gasteiger partial charge is 0.245 e. The first kappa shape index (κ1) is 27.6. The van der Waals surface area contributed by atoms with Gasteiger partial charge in [-0.15, -0.1) is 5.92 Å². The van der Waals surface area contributed by atoms with Crippen molar-refractivity contribution in [2.45, 2.75) is 30.1 Å². The third kappa shape index (κ3) is 5.13. The van der Waals surface area contributed by atoms with Gasteiger partial charge in [-0.25, -0.2) is 13.8 Å². The molecule has 3 aromatic rings. The molecule has 7 nitrogen and oxygen atoms in total. The van der Waals surface area contributed by atoms with Crippen LogP contribution in [0.1, 0.15) is 30.2 Å². The molecule has 0 saturated heterocycles. The Bertz CT molecular complexity index is 1600. The Morgan fingerprint density at radius 3 is 2.88 bits per heavy atom. The van der Waals surface area contributed by atoms with Crippen LogP contribution in [-0.2, 0) is 16.8 Å². The van der Waals surface area contributed by atoms with Gasteiger partial charge in [0.2, 0.25) is 5.91 Å². The van der Waals surface area contributed by atoms with Crippen molar-refractivity contribution >= 4 is 33.7 Å². The van der Waals surface area contributed by atoms with E-state index in [-0.39, 0.29) is 29.2 Å². The largest absolute Gasteiger partial charge is 0.479 e.